The molecule has 0 aliphatic heterocycles. The van der Waals surface area contributed by atoms with Gasteiger partial charge in [-0.1, -0.05) is 12.1 Å². The summed E-state index contributed by atoms with van der Waals surface area (Å²) in [5, 5.41) is 2.85. The molecule has 0 aliphatic rings. The van der Waals surface area contributed by atoms with Gasteiger partial charge in [0, 0.05) is 25.3 Å². The van der Waals surface area contributed by atoms with E-state index >= 15 is 0 Å². The molecule has 0 fully saturated rings. The van der Waals surface area contributed by atoms with Crippen LogP contribution in [0.4, 0.5) is 10.3 Å². The van der Waals surface area contributed by atoms with Gasteiger partial charge >= 0.3 is 0 Å². The fraction of sp³-hybridized carbons (Fsp3) is 0.389. The van der Waals surface area contributed by atoms with Gasteiger partial charge < -0.3 is 10.2 Å². The molecule has 0 radical (unpaired) electrons. The zero-order valence-corrected chi connectivity index (χ0v) is 14.3. The predicted octanol–water partition coefficient (Wildman–Crippen LogP) is 2.74. The normalized spacial score (nSPS) is 10.5. The summed E-state index contributed by atoms with van der Waals surface area (Å²) in [6.07, 6.45) is 0.638. The van der Waals surface area contributed by atoms with Gasteiger partial charge in [0.25, 0.3) is 5.91 Å². The van der Waals surface area contributed by atoms with E-state index in [0.29, 0.717) is 24.6 Å². The van der Waals surface area contributed by atoms with Gasteiger partial charge in [0.1, 0.15) is 11.5 Å². The molecule has 1 heterocycles. The van der Waals surface area contributed by atoms with Crippen LogP contribution < -0.4 is 10.2 Å². The van der Waals surface area contributed by atoms with Crippen molar-refractivity contribution in [3.8, 4) is 0 Å². The Morgan fingerprint density at radius 2 is 1.83 bits per heavy atom. The van der Waals surface area contributed by atoms with E-state index < -0.39 is 0 Å². The van der Waals surface area contributed by atoms with Crippen molar-refractivity contribution in [3.05, 3.63) is 53.1 Å². The molecule has 5 nitrogen and oxygen atoms in total. The van der Waals surface area contributed by atoms with Gasteiger partial charge in [0.15, 0.2) is 0 Å². The number of hydrogen-bond donors (Lipinski definition) is 1. The number of aryl methyl sites for hydroxylation is 1. The third-order valence-electron chi connectivity index (χ3n) is 3.73. The van der Waals surface area contributed by atoms with Gasteiger partial charge in [-0.3, -0.25) is 4.79 Å². The number of rotatable bonds is 7. The van der Waals surface area contributed by atoms with Crippen LogP contribution in [0.25, 0.3) is 0 Å². The lowest BCUT2D eigenvalue weighted by Crippen LogP contribution is -2.29. The smallest absolute Gasteiger partial charge is 0.270 e. The first-order valence-corrected chi connectivity index (χ1v) is 8.16. The Morgan fingerprint density at radius 3 is 2.46 bits per heavy atom. The Hall–Kier alpha value is -2.50. The van der Waals surface area contributed by atoms with Crippen molar-refractivity contribution in [2.45, 2.75) is 27.2 Å². The maximum atomic E-state index is 12.9. The highest BCUT2D eigenvalue weighted by Crippen LogP contribution is 2.10. The van der Waals surface area contributed by atoms with E-state index in [-0.39, 0.29) is 11.7 Å². The summed E-state index contributed by atoms with van der Waals surface area (Å²) >= 11 is 0. The summed E-state index contributed by atoms with van der Waals surface area (Å²) in [5.41, 5.74) is 2.10. The molecular weight excluding hydrogens is 307 g/mol. The van der Waals surface area contributed by atoms with Crippen LogP contribution in [0.3, 0.4) is 0 Å². The molecule has 2 rings (SSSR count). The fourth-order valence-corrected chi connectivity index (χ4v) is 2.38. The number of carbonyl (C=O) groups is 1. The molecule has 6 heteroatoms. The van der Waals surface area contributed by atoms with Crippen LogP contribution in [0.15, 0.2) is 30.3 Å². The minimum absolute atomic E-state index is 0.226. The highest BCUT2D eigenvalue weighted by molar-refractivity contribution is 5.92. The lowest BCUT2D eigenvalue weighted by molar-refractivity contribution is 0.0949. The highest BCUT2D eigenvalue weighted by atomic mass is 19.1. The van der Waals surface area contributed by atoms with Crippen molar-refractivity contribution in [2.24, 2.45) is 0 Å². The van der Waals surface area contributed by atoms with E-state index in [4.69, 9.17) is 0 Å². The first-order chi connectivity index (χ1) is 11.5. The van der Waals surface area contributed by atoms with Crippen molar-refractivity contribution in [3.63, 3.8) is 0 Å². The number of anilines is 1. The van der Waals surface area contributed by atoms with Crippen LogP contribution in [0.2, 0.25) is 0 Å². The average molecular weight is 330 g/mol. The summed E-state index contributed by atoms with van der Waals surface area (Å²) < 4.78 is 12.9. The molecule has 0 saturated carbocycles. The van der Waals surface area contributed by atoms with Crippen LogP contribution in [0, 0.1) is 12.7 Å². The predicted molar refractivity (Wildman–Crippen MR) is 92.8 cm³/mol. The minimum atomic E-state index is -0.261. The SMILES string of the molecule is CCN(CC)c1nc(C)cc(C(=O)NCCc2ccc(F)cc2)n1. The molecule has 1 amide bonds. The molecule has 0 saturated heterocycles. The average Bonchev–Trinajstić information content (AvgIpc) is 2.57. The van der Waals surface area contributed by atoms with Gasteiger partial charge in [-0.2, -0.15) is 0 Å². The van der Waals surface area contributed by atoms with Gasteiger partial charge in [-0.15, -0.1) is 0 Å². The molecule has 1 aromatic carbocycles. The van der Waals surface area contributed by atoms with Crippen molar-refractivity contribution in [2.75, 3.05) is 24.5 Å². The maximum absolute atomic E-state index is 12.9. The van der Waals surface area contributed by atoms with Crippen LogP contribution in [-0.2, 0) is 6.42 Å². The quantitative estimate of drug-likeness (QED) is 0.848. The van der Waals surface area contributed by atoms with Gasteiger partial charge in [-0.05, 0) is 51.0 Å². The number of nitrogens with one attached hydrogen (secondary N) is 1. The largest absolute Gasteiger partial charge is 0.350 e. The van der Waals surface area contributed by atoms with Crippen LogP contribution >= 0.6 is 0 Å². The van der Waals surface area contributed by atoms with Crippen LogP contribution in [-0.4, -0.2) is 35.5 Å². The van der Waals surface area contributed by atoms with E-state index in [0.717, 1.165) is 24.3 Å². The summed E-state index contributed by atoms with van der Waals surface area (Å²) in [5.74, 6) is 0.0860. The number of nitrogens with zero attached hydrogens (tertiary/aromatic N) is 3. The van der Waals surface area contributed by atoms with Crippen molar-refractivity contribution < 1.29 is 9.18 Å². The summed E-state index contributed by atoms with van der Waals surface area (Å²) in [6.45, 7) is 7.94. The van der Waals surface area contributed by atoms with E-state index in [1.165, 1.54) is 12.1 Å². The zero-order valence-electron chi connectivity index (χ0n) is 14.3. The molecular formula is C18H23FN4O. The Bertz CT molecular complexity index is 684. The molecule has 1 aromatic heterocycles. The van der Waals surface area contributed by atoms with Crippen LogP contribution in [0.1, 0.15) is 35.6 Å². The minimum Gasteiger partial charge on any atom is -0.350 e. The standard InChI is InChI=1S/C18H23FN4O/c1-4-23(5-2)18-21-13(3)12-16(22-18)17(24)20-11-10-14-6-8-15(19)9-7-14/h6-9,12H,4-5,10-11H2,1-3H3,(H,20,24). The summed E-state index contributed by atoms with van der Waals surface area (Å²) in [7, 11) is 0. The molecule has 2 aromatic rings. The van der Waals surface area contributed by atoms with Crippen molar-refractivity contribution in [1.29, 1.82) is 0 Å². The van der Waals surface area contributed by atoms with E-state index in [1.54, 1.807) is 18.2 Å². The zero-order chi connectivity index (χ0) is 17.5. The molecule has 0 spiro atoms. The topological polar surface area (TPSA) is 58.1 Å². The number of carbonyl (C=O) groups excluding carboxylic acids is 1. The van der Waals surface area contributed by atoms with E-state index in [1.807, 2.05) is 25.7 Å². The second kappa shape index (κ2) is 8.38. The van der Waals surface area contributed by atoms with Crippen molar-refractivity contribution >= 4 is 11.9 Å². The van der Waals surface area contributed by atoms with E-state index in [9.17, 15) is 9.18 Å². The highest BCUT2D eigenvalue weighted by Gasteiger charge is 2.13. The number of benzene rings is 1. The van der Waals surface area contributed by atoms with Gasteiger partial charge in [0.05, 0.1) is 0 Å². The Kier molecular flexibility index (Phi) is 6.23. The molecule has 0 aliphatic carbocycles. The molecule has 0 unspecified atom stereocenters. The molecule has 1 N–H and O–H groups in total. The third-order valence-corrected chi connectivity index (χ3v) is 3.73. The Balaban J connectivity index is 2.00. The van der Waals surface area contributed by atoms with Crippen molar-refractivity contribution in [1.82, 2.24) is 15.3 Å². The van der Waals surface area contributed by atoms with Gasteiger partial charge in [-0.25, -0.2) is 14.4 Å². The van der Waals surface area contributed by atoms with Crippen LogP contribution in [0.5, 0.6) is 0 Å². The lowest BCUT2D eigenvalue weighted by atomic mass is 10.1. The lowest BCUT2D eigenvalue weighted by Gasteiger charge is -2.19. The molecule has 0 atom stereocenters. The maximum Gasteiger partial charge on any atom is 0.270 e. The number of aromatic nitrogens is 2. The number of amides is 1. The monoisotopic (exact) mass is 330 g/mol. The molecule has 24 heavy (non-hydrogen) atoms. The fourth-order valence-electron chi connectivity index (χ4n) is 2.38. The first-order valence-electron chi connectivity index (χ1n) is 8.16. The summed E-state index contributed by atoms with van der Waals surface area (Å²) in [6, 6.07) is 7.95. The molecule has 128 valence electrons. The molecule has 0 bridgehead atoms. The first kappa shape index (κ1) is 17.8. The third kappa shape index (κ3) is 4.75. The summed E-state index contributed by atoms with van der Waals surface area (Å²) in [4.78, 5) is 23.1. The number of halogens is 1. The number of hydrogen-bond acceptors (Lipinski definition) is 4. The second-order valence-corrected chi connectivity index (χ2v) is 5.50. The van der Waals surface area contributed by atoms with E-state index in [2.05, 4.69) is 15.3 Å². The Morgan fingerprint density at radius 1 is 1.17 bits per heavy atom. The van der Waals surface area contributed by atoms with Gasteiger partial charge in [0.2, 0.25) is 5.95 Å². The Labute approximate surface area is 141 Å². The second-order valence-electron chi connectivity index (χ2n) is 5.50.